The lowest BCUT2D eigenvalue weighted by molar-refractivity contribution is -0.134. The third-order valence-electron chi connectivity index (χ3n) is 5.03. The average Bonchev–Trinajstić information content (AvgIpc) is 2.64. The zero-order valence-electron chi connectivity index (χ0n) is 15.5. The van der Waals surface area contributed by atoms with Crippen molar-refractivity contribution >= 4 is 11.8 Å². The van der Waals surface area contributed by atoms with Crippen LogP contribution < -0.4 is 5.32 Å². The van der Waals surface area contributed by atoms with Crippen molar-refractivity contribution in [2.24, 2.45) is 5.92 Å². The van der Waals surface area contributed by atoms with Crippen LogP contribution in [0.3, 0.4) is 0 Å². The largest absolute Gasteiger partial charge is 0.343 e. The zero-order valence-corrected chi connectivity index (χ0v) is 15.5. The number of likely N-dealkylation sites (tertiary alicyclic amines) is 1. The molecule has 1 fully saturated rings. The monoisotopic (exact) mass is 345 g/mol. The van der Waals surface area contributed by atoms with Gasteiger partial charge in [-0.3, -0.25) is 9.59 Å². The summed E-state index contributed by atoms with van der Waals surface area (Å²) >= 11 is 0. The highest BCUT2D eigenvalue weighted by atomic mass is 16.2. The normalized spacial score (nSPS) is 15.2. The molecule has 0 aliphatic carbocycles. The fourth-order valence-corrected chi connectivity index (χ4v) is 3.36. The summed E-state index contributed by atoms with van der Waals surface area (Å²) in [5.74, 6) is 0.914. The first-order chi connectivity index (χ1) is 12.1. The molecule has 1 aliphatic heterocycles. The van der Waals surface area contributed by atoms with Gasteiger partial charge in [-0.25, -0.2) is 0 Å². The Kier molecular flexibility index (Phi) is 7.92. The number of carbonyl (C=O) groups is 2. The third-order valence-corrected chi connectivity index (χ3v) is 5.03. The van der Waals surface area contributed by atoms with Crippen LogP contribution in [0.5, 0.6) is 0 Å². The smallest absolute Gasteiger partial charge is 0.224 e. The minimum absolute atomic E-state index is 0.0161. The Balaban J connectivity index is 1.76. The molecule has 1 aromatic rings. The van der Waals surface area contributed by atoms with Crippen LogP contribution in [0, 0.1) is 5.92 Å². The summed E-state index contributed by atoms with van der Waals surface area (Å²) < 4.78 is 0. The predicted octanol–water partition coefficient (Wildman–Crippen LogP) is 2.27. The average molecular weight is 345 g/mol. The lowest BCUT2D eigenvalue weighted by Gasteiger charge is -2.32. The maximum Gasteiger partial charge on any atom is 0.224 e. The third kappa shape index (κ3) is 6.50. The van der Waals surface area contributed by atoms with E-state index in [1.807, 2.05) is 42.3 Å². The molecule has 0 bridgehead atoms. The molecular weight excluding hydrogens is 314 g/mol. The van der Waals surface area contributed by atoms with Gasteiger partial charge in [-0.2, -0.15) is 0 Å². The van der Waals surface area contributed by atoms with Crippen molar-refractivity contribution in [2.45, 2.75) is 39.2 Å². The molecule has 25 heavy (non-hydrogen) atoms. The molecule has 0 aromatic heterocycles. The molecule has 5 nitrogen and oxygen atoms in total. The van der Waals surface area contributed by atoms with Crippen LogP contribution in [-0.4, -0.2) is 54.8 Å². The standard InChI is InChI=1S/C20H31N3O2/c1-17(24)23(16-19-6-4-3-5-7-19)15-11-20(25)22-13-9-18(10-14-22)8-12-21-2/h3-7,18,21H,8-16H2,1-2H3. The molecule has 1 heterocycles. The van der Waals surface area contributed by atoms with Crippen molar-refractivity contribution in [3.8, 4) is 0 Å². The zero-order chi connectivity index (χ0) is 18.1. The van der Waals surface area contributed by atoms with Crippen LogP contribution in [-0.2, 0) is 16.1 Å². The second-order valence-electron chi connectivity index (χ2n) is 6.89. The van der Waals surface area contributed by atoms with Gasteiger partial charge in [0.1, 0.15) is 0 Å². The Labute approximate surface area is 151 Å². The van der Waals surface area contributed by atoms with Crippen LogP contribution >= 0.6 is 0 Å². The van der Waals surface area contributed by atoms with E-state index in [2.05, 4.69) is 5.32 Å². The topological polar surface area (TPSA) is 52.7 Å². The maximum atomic E-state index is 12.5. The molecule has 2 rings (SSSR count). The molecule has 5 heteroatoms. The molecule has 0 saturated carbocycles. The molecule has 2 amide bonds. The van der Waals surface area contributed by atoms with E-state index in [1.54, 1.807) is 11.8 Å². The number of benzene rings is 1. The van der Waals surface area contributed by atoms with Crippen molar-refractivity contribution in [2.75, 3.05) is 33.2 Å². The van der Waals surface area contributed by atoms with Crippen molar-refractivity contribution in [3.05, 3.63) is 35.9 Å². The Morgan fingerprint density at radius 2 is 1.88 bits per heavy atom. The van der Waals surface area contributed by atoms with Gasteiger partial charge in [-0.1, -0.05) is 30.3 Å². The van der Waals surface area contributed by atoms with Crippen LogP contribution in [0.2, 0.25) is 0 Å². The number of carbonyl (C=O) groups excluding carboxylic acids is 2. The van der Waals surface area contributed by atoms with E-state index in [0.717, 1.165) is 44.0 Å². The summed E-state index contributed by atoms with van der Waals surface area (Å²) in [6.45, 7) is 5.38. The molecule has 138 valence electrons. The van der Waals surface area contributed by atoms with Gasteiger partial charge in [0, 0.05) is 39.5 Å². The molecule has 1 aliphatic rings. The second kappa shape index (κ2) is 10.2. The minimum atomic E-state index is 0.0161. The summed E-state index contributed by atoms with van der Waals surface area (Å²) in [6, 6.07) is 9.92. The fraction of sp³-hybridized carbons (Fsp3) is 0.600. The number of piperidine rings is 1. The van der Waals surface area contributed by atoms with E-state index in [1.165, 1.54) is 6.42 Å². The number of hydrogen-bond acceptors (Lipinski definition) is 3. The van der Waals surface area contributed by atoms with E-state index in [4.69, 9.17) is 0 Å². The number of nitrogens with zero attached hydrogens (tertiary/aromatic N) is 2. The van der Waals surface area contributed by atoms with Crippen molar-refractivity contribution in [3.63, 3.8) is 0 Å². The van der Waals surface area contributed by atoms with Gasteiger partial charge in [0.2, 0.25) is 11.8 Å². The van der Waals surface area contributed by atoms with E-state index >= 15 is 0 Å². The molecule has 1 N–H and O–H groups in total. The molecular formula is C20H31N3O2. The molecule has 0 unspecified atom stereocenters. The van der Waals surface area contributed by atoms with Gasteiger partial charge in [0.25, 0.3) is 0 Å². The SMILES string of the molecule is CNCCC1CCN(C(=O)CCN(Cc2ccccc2)C(C)=O)CC1. The first kappa shape index (κ1) is 19.4. The Morgan fingerprint density at radius 1 is 1.20 bits per heavy atom. The molecule has 0 atom stereocenters. The fourth-order valence-electron chi connectivity index (χ4n) is 3.36. The number of hydrogen-bond donors (Lipinski definition) is 1. The molecule has 0 radical (unpaired) electrons. The van der Waals surface area contributed by atoms with Crippen LogP contribution in [0.4, 0.5) is 0 Å². The molecule has 0 spiro atoms. The summed E-state index contributed by atoms with van der Waals surface area (Å²) in [6.07, 6.45) is 3.78. The van der Waals surface area contributed by atoms with Crippen molar-refractivity contribution in [1.82, 2.24) is 15.1 Å². The highest BCUT2D eigenvalue weighted by Crippen LogP contribution is 2.20. The number of rotatable bonds is 8. The Hall–Kier alpha value is -1.88. The van der Waals surface area contributed by atoms with Gasteiger partial charge in [0.05, 0.1) is 0 Å². The van der Waals surface area contributed by atoms with Gasteiger partial charge < -0.3 is 15.1 Å². The van der Waals surface area contributed by atoms with Crippen molar-refractivity contribution < 1.29 is 9.59 Å². The van der Waals surface area contributed by atoms with Gasteiger partial charge >= 0.3 is 0 Å². The summed E-state index contributed by atoms with van der Waals surface area (Å²) in [4.78, 5) is 28.1. The first-order valence-corrected chi connectivity index (χ1v) is 9.32. The van der Waals surface area contributed by atoms with E-state index in [0.29, 0.717) is 19.5 Å². The highest BCUT2D eigenvalue weighted by molar-refractivity contribution is 5.78. The second-order valence-corrected chi connectivity index (χ2v) is 6.89. The Bertz CT molecular complexity index is 539. The quantitative estimate of drug-likeness (QED) is 0.786. The van der Waals surface area contributed by atoms with Crippen LogP contribution in [0.1, 0.15) is 38.2 Å². The lowest BCUT2D eigenvalue weighted by atomic mass is 9.93. The van der Waals surface area contributed by atoms with E-state index in [9.17, 15) is 9.59 Å². The van der Waals surface area contributed by atoms with Crippen LogP contribution in [0.15, 0.2) is 30.3 Å². The predicted molar refractivity (Wildman–Crippen MR) is 100.0 cm³/mol. The van der Waals surface area contributed by atoms with Gasteiger partial charge in [0.15, 0.2) is 0 Å². The van der Waals surface area contributed by atoms with E-state index in [-0.39, 0.29) is 11.8 Å². The van der Waals surface area contributed by atoms with Gasteiger partial charge in [-0.15, -0.1) is 0 Å². The number of nitrogens with one attached hydrogen (secondary N) is 1. The van der Waals surface area contributed by atoms with Crippen LogP contribution in [0.25, 0.3) is 0 Å². The summed E-state index contributed by atoms with van der Waals surface area (Å²) in [7, 11) is 1.98. The summed E-state index contributed by atoms with van der Waals surface area (Å²) in [5.41, 5.74) is 1.09. The van der Waals surface area contributed by atoms with Gasteiger partial charge in [-0.05, 0) is 44.3 Å². The minimum Gasteiger partial charge on any atom is -0.343 e. The first-order valence-electron chi connectivity index (χ1n) is 9.32. The highest BCUT2D eigenvalue weighted by Gasteiger charge is 2.23. The molecule has 1 saturated heterocycles. The summed E-state index contributed by atoms with van der Waals surface area (Å²) in [5, 5.41) is 3.19. The van der Waals surface area contributed by atoms with E-state index < -0.39 is 0 Å². The lowest BCUT2D eigenvalue weighted by Crippen LogP contribution is -2.41. The molecule has 1 aromatic carbocycles. The Morgan fingerprint density at radius 3 is 2.48 bits per heavy atom. The van der Waals surface area contributed by atoms with Crippen molar-refractivity contribution in [1.29, 1.82) is 0 Å². The number of amides is 2. The maximum absolute atomic E-state index is 12.5.